The Morgan fingerprint density at radius 2 is 1.68 bits per heavy atom. The number of nitrogens with zero attached hydrogens (tertiary/aromatic N) is 3. The Morgan fingerprint density at radius 1 is 1.05 bits per heavy atom. The Kier molecular flexibility index (Phi) is 8.58. The minimum atomic E-state index is -5.68. The first-order valence-corrected chi connectivity index (χ1v) is 16.2. The van der Waals surface area contributed by atoms with E-state index in [4.69, 9.17) is 27.9 Å². The zero-order chi connectivity index (χ0) is 32.2. The molecule has 14 heteroatoms. The Morgan fingerprint density at radius 3 is 2.27 bits per heavy atom. The molecular weight excluding hydrogens is 642 g/mol. The Balaban J connectivity index is 1.31. The lowest BCUT2D eigenvalue weighted by Crippen LogP contribution is -2.36. The number of esters is 1. The third kappa shape index (κ3) is 6.21. The van der Waals surface area contributed by atoms with Crippen LogP contribution in [0.25, 0.3) is 11.1 Å². The van der Waals surface area contributed by atoms with Crippen LogP contribution in [0.3, 0.4) is 0 Å². The van der Waals surface area contributed by atoms with Crippen molar-refractivity contribution in [3.8, 4) is 11.1 Å². The summed E-state index contributed by atoms with van der Waals surface area (Å²) in [7, 11) is -5.68. The summed E-state index contributed by atoms with van der Waals surface area (Å²) in [5, 5.41) is 4.30. The van der Waals surface area contributed by atoms with Gasteiger partial charge < -0.3 is 9.64 Å². The molecule has 1 aromatic heterocycles. The van der Waals surface area contributed by atoms with E-state index in [2.05, 4.69) is 5.10 Å². The highest BCUT2D eigenvalue weighted by molar-refractivity contribution is 7.90. The van der Waals surface area contributed by atoms with Gasteiger partial charge in [-0.1, -0.05) is 35.3 Å². The third-order valence-corrected chi connectivity index (χ3v) is 9.84. The number of hydrogen-bond donors (Lipinski definition) is 0. The van der Waals surface area contributed by atoms with Crippen molar-refractivity contribution in [2.24, 2.45) is 5.92 Å². The first-order chi connectivity index (χ1) is 20.5. The average Bonchev–Trinajstić information content (AvgIpc) is 3.53. The van der Waals surface area contributed by atoms with Gasteiger partial charge in [-0.15, -0.1) is 0 Å². The molecule has 2 heterocycles. The van der Waals surface area contributed by atoms with Crippen LogP contribution in [0.1, 0.15) is 73.3 Å². The molecule has 0 saturated carbocycles. The molecule has 0 N–H and O–H groups in total. The maximum absolute atomic E-state index is 13.5. The lowest BCUT2D eigenvalue weighted by atomic mass is 9.91. The van der Waals surface area contributed by atoms with Crippen LogP contribution < -0.4 is 0 Å². The molecule has 1 aliphatic heterocycles. The normalized spacial score (nSPS) is 19.3. The molecule has 0 bridgehead atoms. The van der Waals surface area contributed by atoms with E-state index < -0.39 is 39.1 Å². The highest BCUT2D eigenvalue weighted by Crippen LogP contribution is 2.41. The van der Waals surface area contributed by atoms with E-state index in [1.807, 2.05) is 0 Å². The van der Waals surface area contributed by atoms with Crippen LogP contribution in [-0.4, -0.2) is 52.0 Å². The van der Waals surface area contributed by atoms with E-state index in [9.17, 15) is 31.2 Å². The summed E-state index contributed by atoms with van der Waals surface area (Å²) in [6.07, 6.45) is 2.84. The average molecular weight is 673 g/mol. The van der Waals surface area contributed by atoms with Gasteiger partial charge in [-0.05, 0) is 93.8 Å². The zero-order valence-electron chi connectivity index (χ0n) is 24.1. The molecule has 236 valence electrons. The molecule has 0 spiro atoms. The van der Waals surface area contributed by atoms with Crippen molar-refractivity contribution in [1.29, 1.82) is 0 Å². The van der Waals surface area contributed by atoms with Crippen molar-refractivity contribution in [1.82, 2.24) is 14.1 Å². The highest BCUT2D eigenvalue weighted by atomic mass is 35.5. The maximum atomic E-state index is 13.5. The van der Waals surface area contributed by atoms with Crippen LogP contribution in [0.2, 0.25) is 10.0 Å². The molecule has 5 rings (SSSR count). The lowest BCUT2D eigenvalue weighted by molar-refractivity contribution is -0.133. The number of benzene rings is 2. The smallest absolute Gasteiger partial charge is 0.456 e. The van der Waals surface area contributed by atoms with Crippen molar-refractivity contribution in [2.45, 2.75) is 70.0 Å². The molecule has 1 fully saturated rings. The number of aromatic nitrogens is 2. The lowest BCUT2D eigenvalue weighted by Gasteiger charge is -2.31. The maximum Gasteiger partial charge on any atom is 0.518 e. The van der Waals surface area contributed by atoms with Gasteiger partial charge in [0.2, 0.25) is 5.91 Å². The number of rotatable bonds is 6. The second kappa shape index (κ2) is 11.7. The predicted octanol–water partition coefficient (Wildman–Crippen LogP) is 6.98. The van der Waals surface area contributed by atoms with E-state index in [-0.39, 0.29) is 28.5 Å². The number of hydrogen-bond acceptors (Lipinski definition) is 6. The zero-order valence-corrected chi connectivity index (χ0v) is 26.4. The monoisotopic (exact) mass is 671 g/mol. The summed E-state index contributed by atoms with van der Waals surface area (Å²) in [6, 6.07) is 9.75. The summed E-state index contributed by atoms with van der Waals surface area (Å²) in [5.74, 6) is -1.11. The first kappa shape index (κ1) is 32.3. The Labute approximate surface area is 263 Å². The number of carbonyl (C=O) groups is 2. The number of likely N-dealkylation sites (tertiary alicyclic amines) is 1. The molecule has 1 amide bonds. The highest BCUT2D eigenvalue weighted by Gasteiger charge is 2.50. The minimum absolute atomic E-state index is 0.0457. The molecule has 2 aromatic carbocycles. The van der Waals surface area contributed by atoms with Crippen LogP contribution in [-0.2, 0) is 32.4 Å². The van der Waals surface area contributed by atoms with E-state index in [1.54, 1.807) is 62.1 Å². The standard InChI is InChI=1S/C30H30Cl2F3N3O5S/c1-29(2,3)43-28(40)18-9-7-17(8-10-18)20-14-23(31)21(24(32)15-20)13-19-11-12-37(27(19)39)25-5-4-6-26-22(25)16-36-38(26)44(41,42)30(33,34)35/h7-10,14-16,19,25H,4-6,11-13H2,1-3H3/t19?,25-/m1/s1. The quantitative estimate of drug-likeness (QED) is 0.262. The van der Waals surface area contributed by atoms with Crippen molar-refractivity contribution >= 4 is 45.1 Å². The van der Waals surface area contributed by atoms with Gasteiger partial charge in [-0.3, -0.25) is 4.79 Å². The van der Waals surface area contributed by atoms with E-state index in [0.717, 1.165) is 17.3 Å². The number of ether oxygens (including phenoxy) is 1. The van der Waals surface area contributed by atoms with Gasteiger partial charge in [-0.25, -0.2) is 4.79 Å². The van der Waals surface area contributed by atoms with E-state index >= 15 is 0 Å². The number of carbonyl (C=O) groups excluding carboxylic acids is 2. The van der Waals surface area contributed by atoms with Gasteiger partial charge in [0.25, 0.3) is 0 Å². The van der Waals surface area contributed by atoms with Gasteiger partial charge in [0.1, 0.15) is 5.60 Å². The van der Waals surface area contributed by atoms with Crippen molar-refractivity contribution in [2.75, 3.05) is 6.54 Å². The van der Waals surface area contributed by atoms with Gasteiger partial charge in [0, 0.05) is 28.1 Å². The molecule has 1 unspecified atom stereocenters. The van der Waals surface area contributed by atoms with E-state index in [1.165, 1.54) is 0 Å². The van der Waals surface area contributed by atoms with Gasteiger partial charge in [0.05, 0.1) is 23.5 Å². The summed E-state index contributed by atoms with van der Waals surface area (Å²) < 4.78 is 69.2. The molecule has 44 heavy (non-hydrogen) atoms. The molecule has 2 aliphatic rings. The van der Waals surface area contributed by atoms with Crippen molar-refractivity contribution in [3.05, 3.63) is 75.0 Å². The summed E-state index contributed by atoms with van der Waals surface area (Å²) in [6.45, 7) is 5.72. The Bertz CT molecular complexity index is 1690. The molecule has 2 atom stereocenters. The second-order valence-electron chi connectivity index (χ2n) is 12.0. The summed E-state index contributed by atoms with van der Waals surface area (Å²) in [5.41, 5.74) is -3.35. The van der Waals surface area contributed by atoms with Gasteiger partial charge in [0.15, 0.2) is 0 Å². The Hall–Kier alpha value is -3.09. The fourth-order valence-corrected chi connectivity index (χ4v) is 7.24. The van der Waals surface area contributed by atoms with Crippen molar-refractivity contribution in [3.63, 3.8) is 0 Å². The van der Waals surface area contributed by atoms with Crippen molar-refractivity contribution < 1.29 is 35.9 Å². The number of fused-ring (bicyclic) bond motifs is 1. The van der Waals surface area contributed by atoms with Crippen LogP contribution in [0, 0.1) is 5.92 Å². The predicted molar refractivity (Wildman–Crippen MR) is 159 cm³/mol. The van der Waals surface area contributed by atoms with Gasteiger partial charge >= 0.3 is 21.5 Å². The summed E-state index contributed by atoms with van der Waals surface area (Å²) in [4.78, 5) is 27.5. The first-order valence-electron chi connectivity index (χ1n) is 14.0. The topological polar surface area (TPSA) is 98.6 Å². The van der Waals surface area contributed by atoms with Gasteiger partial charge in [-0.2, -0.15) is 30.8 Å². The fourth-order valence-electron chi connectivity index (χ4n) is 5.74. The second-order valence-corrected chi connectivity index (χ2v) is 14.5. The molecule has 1 aliphatic carbocycles. The number of alkyl halides is 3. The molecular formula is C30H30Cl2F3N3O5S. The largest absolute Gasteiger partial charge is 0.518 e. The molecule has 8 nitrogen and oxygen atoms in total. The van der Waals surface area contributed by atoms with Crippen LogP contribution >= 0.6 is 23.2 Å². The fraction of sp³-hybridized carbons (Fsp3) is 0.433. The number of amides is 1. The molecule has 3 aromatic rings. The van der Waals surface area contributed by atoms with Crippen LogP contribution in [0.4, 0.5) is 13.2 Å². The SMILES string of the molecule is CC(C)(C)OC(=O)c1ccc(-c2cc(Cl)c(CC3CCN([C@@H]4CCCc5c4cnn5S(=O)(=O)C(F)(F)F)C3=O)c(Cl)c2)cc1. The molecule has 1 saturated heterocycles. The number of halogens is 5. The van der Waals surface area contributed by atoms with Crippen LogP contribution in [0.5, 0.6) is 0 Å². The van der Waals surface area contributed by atoms with E-state index in [0.29, 0.717) is 52.5 Å². The minimum Gasteiger partial charge on any atom is -0.456 e. The summed E-state index contributed by atoms with van der Waals surface area (Å²) >= 11 is 13.3. The van der Waals surface area contributed by atoms with Crippen LogP contribution in [0.15, 0.2) is 42.6 Å². The third-order valence-electron chi connectivity index (χ3n) is 7.81. The molecule has 0 radical (unpaired) electrons.